The molecule has 0 N–H and O–H groups in total. The average Bonchev–Trinajstić information content (AvgIpc) is 2.28. The van der Waals surface area contributed by atoms with Gasteiger partial charge in [-0.2, -0.15) is 5.26 Å². The van der Waals surface area contributed by atoms with Crippen LogP contribution in [-0.4, -0.2) is 31.2 Å². The Kier molecular flexibility index (Phi) is 7.38. The molecule has 0 bridgehead atoms. The zero-order valence-corrected chi connectivity index (χ0v) is 12.0. The minimum Gasteiger partial charge on any atom is -0.456 e. The van der Waals surface area contributed by atoms with Crippen LogP contribution in [0.15, 0.2) is 0 Å². The highest BCUT2D eigenvalue weighted by Crippen LogP contribution is 1.99. The predicted molar refractivity (Wildman–Crippen MR) is 70.2 cm³/mol. The van der Waals surface area contributed by atoms with Crippen LogP contribution in [0.3, 0.4) is 0 Å². The molecule has 0 aliphatic carbocycles. The van der Waals surface area contributed by atoms with Crippen LogP contribution in [0.1, 0.15) is 19.3 Å². The van der Waals surface area contributed by atoms with Crippen molar-refractivity contribution >= 4 is 19.8 Å². The summed E-state index contributed by atoms with van der Waals surface area (Å²) in [7, 11) is -1.29. The van der Waals surface area contributed by atoms with Crippen LogP contribution >= 0.6 is 0 Å². The first-order valence-electron chi connectivity index (χ1n) is 5.70. The molecule has 18 heavy (non-hydrogen) atoms. The highest BCUT2D eigenvalue weighted by Gasteiger charge is 2.20. The largest absolute Gasteiger partial charge is 0.475 e. The van der Waals surface area contributed by atoms with Crippen molar-refractivity contribution in [2.45, 2.75) is 38.9 Å². The molecule has 6 heteroatoms. The highest BCUT2D eigenvalue weighted by molar-refractivity contribution is 6.83. The molecular formula is C12H17N3O2Si. The summed E-state index contributed by atoms with van der Waals surface area (Å²) in [5.74, 6) is 2.22. The van der Waals surface area contributed by atoms with Crippen molar-refractivity contribution in [1.82, 2.24) is 0 Å². The van der Waals surface area contributed by atoms with Crippen LogP contribution < -0.4 is 0 Å². The Labute approximate surface area is 108 Å². The molecule has 0 heterocycles. The molecule has 0 saturated carbocycles. The lowest BCUT2D eigenvalue weighted by Gasteiger charge is -2.03. The second kappa shape index (κ2) is 8.24. The van der Waals surface area contributed by atoms with Crippen LogP contribution in [-0.2, 0) is 9.53 Å². The molecule has 96 valence electrons. The Morgan fingerprint density at radius 3 is 2.56 bits per heavy atom. The fourth-order valence-electron chi connectivity index (χ4n) is 0.985. The highest BCUT2D eigenvalue weighted by atomic mass is 28.3. The van der Waals surface area contributed by atoms with Crippen LogP contribution in [0.25, 0.3) is 5.53 Å². The first-order valence-corrected chi connectivity index (χ1v) is 9.20. The molecular weight excluding hydrogens is 246 g/mol. The number of hydrogen-bond acceptors (Lipinski definition) is 3. The number of carbonyl (C=O) groups excluding carboxylic acids is 1. The van der Waals surface area contributed by atoms with Gasteiger partial charge in [-0.1, -0.05) is 19.6 Å². The molecule has 0 unspecified atom stereocenters. The fourth-order valence-corrected chi connectivity index (χ4v) is 1.64. The monoisotopic (exact) mass is 263 g/mol. The molecule has 0 aliphatic rings. The van der Waals surface area contributed by atoms with Gasteiger partial charge >= 0.3 is 11.7 Å². The van der Waals surface area contributed by atoms with Crippen LogP contribution in [0.5, 0.6) is 0 Å². The normalized spacial score (nSPS) is 9.44. The second-order valence-corrected chi connectivity index (χ2v) is 9.46. The van der Waals surface area contributed by atoms with Gasteiger partial charge in [0.25, 0.3) is 0 Å². The topological polar surface area (TPSA) is 86.5 Å². The van der Waals surface area contributed by atoms with E-state index in [4.69, 9.17) is 15.5 Å². The van der Waals surface area contributed by atoms with Crippen molar-refractivity contribution in [2.75, 3.05) is 6.61 Å². The Bertz CT molecular complexity index is 443. The van der Waals surface area contributed by atoms with Gasteiger partial charge in [0.1, 0.15) is 8.07 Å². The Balaban J connectivity index is 3.76. The Morgan fingerprint density at radius 2 is 2.06 bits per heavy atom. The van der Waals surface area contributed by atoms with E-state index in [0.717, 1.165) is 12.8 Å². The van der Waals surface area contributed by atoms with Gasteiger partial charge in [0, 0.05) is 6.42 Å². The number of rotatable bonds is 5. The van der Waals surface area contributed by atoms with Crippen molar-refractivity contribution in [2.24, 2.45) is 0 Å². The number of ether oxygens (including phenoxy) is 1. The van der Waals surface area contributed by atoms with Crippen molar-refractivity contribution in [3.8, 4) is 17.5 Å². The Hall–Kier alpha value is -1.88. The number of nitriles is 1. The zero-order chi connectivity index (χ0) is 14.0. The van der Waals surface area contributed by atoms with E-state index in [1.165, 1.54) is 6.07 Å². The van der Waals surface area contributed by atoms with Crippen LogP contribution in [0.4, 0.5) is 0 Å². The van der Waals surface area contributed by atoms with Crippen LogP contribution in [0, 0.1) is 22.8 Å². The lowest BCUT2D eigenvalue weighted by molar-refractivity contribution is -0.139. The standard InChI is InChI=1S/C12H17N3O2Si/c1-18(2,3)9-7-5-4-6-8-17-12(16)11(10-13)15-14/h4-6,8H2,1-3H3. The molecule has 0 rings (SSSR count). The van der Waals surface area contributed by atoms with E-state index in [0.29, 0.717) is 6.42 Å². The molecule has 0 radical (unpaired) electrons. The molecule has 0 aromatic carbocycles. The average molecular weight is 263 g/mol. The number of hydrogen-bond donors (Lipinski definition) is 0. The Morgan fingerprint density at radius 1 is 1.39 bits per heavy atom. The van der Waals surface area contributed by atoms with Crippen molar-refractivity contribution in [3.63, 3.8) is 0 Å². The number of unbranched alkanes of at least 4 members (excludes halogenated alkanes) is 2. The minimum absolute atomic E-state index is 0.203. The number of esters is 1. The molecule has 0 saturated heterocycles. The molecule has 0 atom stereocenters. The van der Waals surface area contributed by atoms with Gasteiger partial charge in [-0.15, -0.1) is 16.3 Å². The first kappa shape index (κ1) is 16.1. The first-order chi connectivity index (χ1) is 8.40. The summed E-state index contributed by atoms with van der Waals surface area (Å²) in [5, 5.41) is 8.39. The van der Waals surface area contributed by atoms with Gasteiger partial charge in [-0.3, -0.25) is 0 Å². The molecule has 0 spiro atoms. The van der Waals surface area contributed by atoms with E-state index in [2.05, 4.69) is 35.9 Å². The van der Waals surface area contributed by atoms with Gasteiger partial charge in [0.2, 0.25) is 0 Å². The van der Waals surface area contributed by atoms with Gasteiger partial charge in [-0.25, -0.2) is 4.79 Å². The van der Waals surface area contributed by atoms with E-state index >= 15 is 0 Å². The maximum Gasteiger partial charge on any atom is 0.475 e. The van der Waals surface area contributed by atoms with Gasteiger partial charge in [0.05, 0.1) is 6.61 Å². The van der Waals surface area contributed by atoms with Crippen LogP contribution in [0.2, 0.25) is 19.6 Å². The van der Waals surface area contributed by atoms with E-state index in [1.807, 2.05) is 0 Å². The SMILES string of the molecule is C[Si](C)(C)C#CCCCCOC(=O)C(C#N)=[N+]=[N-]. The molecule has 0 aromatic rings. The van der Waals surface area contributed by atoms with Crippen molar-refractivity contribution in [3.05, 3.63) is 5.53 Å². The molecule has 0 fully saturated rings. The maximum atomic E-state index is 11.1. The number of carbonyl (C=O) groups is 1. The van der Waals surface area contributed by atoms with E-state index < -0.39 is 19.8 Å². The molecule has 0 amide bonds. The summed E-state index contributed by atoms with van der Waals surface area (Å²) in [4.78, 5) is 13.6. The summed E-state index contributed by atoms with van der Waals surface area (Å²) in [5.41, 5.74) is 10.9. The smallest absolute Gasteiger partial charge is 0.456 e. The second-order valence-electron chi connectivity index (χ2n) is 4.71. The summed E-state index contributed by atoms with van der Waals surface area (Å²) in [6, 6.07) is 1.44. The lowest BCUT2D eigenvalue weighted by atomic mass is 10.2. The summed E-state index contributed by atoms with van der Waals surface area (Å²) in [6.07, 6.45) is 2.29. The minimum atomic E-state index is -1.29. The third-order valence-electron chi connectivity index (χ3n) is 1.79. The lowest BCUT2D eigenvalue weighted by Crippen LogP contribution is -2.17. The summed E-state index contributed by atoms with van der Waals surface area (Å²) in [6.45, 7) is 6.74. The third kappa shape index (κ3) is 8.29. The van der Waals surface area contributed by atoms with Crippen molar-refractivity contribution < 1.29 is 14.3 Å². The summed E-state index contributed by atoms with van der Waals surface area (Å²) < 4.78 is 4.74. The fraction of sp³-hybridized carbons (Fsp3) is 0.583. The zero-order valence-electron chi connectivity index (χ0n) is 11.0. The van der Waals surface area contributed by atoms with Gasteiger partial charge < -0.3 is 10.3 Å². The van der Waals surface area contributed by atoms with Gasteiger partial charge in [0.15, 0.2) is 6.07 Å². The molecule has 5 nitrogen and oxygen atoms in total. The van der Waals surface area contributed by atoms with Gasteiger partial charge in [-0.05, 0) is 12.8 Å². The quantitative estimate of drug-likeness (QED) is 0.144. The van der Waals surface area contributed by atoms with E-state index in [1.54, 1.807) is 0 Å². The van der Waals surface area contributed by atoms with E-state index in [-0.39, 0.29) is 6.61 Å². The summed E-state index contributed by atoms with van der Waals surface area (Å²) >= 11 is 0. The predicted octanol–water partition coefficient (Wildman–Crippen LogP) is 1.78. The van der Waals surface area contributed by atoms with E-state index in [9.17, 15) is 4.79 Å². The maximum absolute atomic E-state index is 11.1. The molecule has 0 aliphatic heterocycles. The third-order valence-corrected chi connectivity index (χ3v) is 2.72. The van der Waals surface area contributed by atoms with Crippen molar-refractivity contribution in [1.29, 1.82) is 5.26 Å². The number of nitrogens with zero attached hydrogens (tertiary/aromatic N) is 3. The molecule has 0 aromatic heterocycles.